The molecule has 1 heterocycles. The number of pyridine rings is 1. The fourth-order valence-electron chi connectivity index (χ4n) is 0.763. The number of aromatic nitrogens is 1. The molecule has 12 heavy (non-hydrogen) atoms. The van der Waals surface area contributed by atoms with Gasteiger partial charge in [0.25, 0.3) is 0 Å². The van der Waals surface area contributed by atoms with E-state index in [1.165, 1.54) is 18.2 Å². The van der Waals surface area contributed by atoms with E-state index in [4.69, 9.17) is 10.7 Å². The van der Waals surface area contributed by atoms with Crippen molar-refractivity contribution >= 4 is 19.7 Å². The van der Waals surface area contributed by atoms with E-state index in [1.807, 2.05) is 0 Å². The summed E-state index contributed by atoms with van der Waals surface area (Å²) in [7, 11) is 1.38. The second-order valence-electron chi connectivity index (χ2n) is 2.22. The Kier molecular flexibility index (Phi) is 2.54. The van der Waals surface area contributed by atoms with Gasteiger partial charge in [-0.1, -0.05) is 6.07 Å². The second kappa shape index (κ2) is 3.28. The first-order valence-corrected chi connectivity index (χ1v) is 5.56. The number of nitrogens with one attached hydrogen (secondary N) is 1. The van der Waals surface area contributed by atoms with Crippen molar-refractivity contribution in [2.45, 2.75) is 5.75 Å². The Labute approximate surface area is 73.6 Å². The number of hydrogen-bond donors (Lipinski definition) is 1. The van der Waals surface area contributed by atoms with Gasteiger partial charge in [-0.05, 0) is 6.07 Å². The average molecular weight is 208 g/mol. The van der Waals surface area contributed by atoms with Crippen LogP contribution < -0.4 is 5.56 Å². The minimum atomic E-state index is -3.59. The Balaban J connectivity index is 2.99. The molecule has 0 aliphatic heterocycles. The molecule has 1 N–H and O–H groups in total. The minimum Gasteiger partial charge on any atom is -0.325 e. The van der Waals surface area contributed by atoms with Crippen molar-refractivity contribution in [2.24, 2.45) is 0 Å². The van der Waals surface area contributed by atoms with E-state index in [0.717, 1.165) is 0 Å². The van der Waals surface area contributed by atoms with Gasteiger partial charge in [-0.2, -0.15) is 0 Å². The summed E-state index contributed by atoms with van der Waals surface area (Å²) in [5.41, 5.74) is -0.0506. The van der Waals surface area contributed by atoms with Crippen LogP contribution in [-0.4, -0.2) is 13.4 Å². The average Bonchev–Trinajstić information content (AvgIpc) is 1.82. The molecular formula is C6H6ClNO3S. The van der Waals surface area contributed by atoms with Crippen LogP contribution in [0.25, 0.3) is 0 Å². The fraction of sp³-hybridized carbons (Fsp3) is 0.167. The molecule has 0 aliphatic rings. The van der Waals surface area contributed by atoms with Crippen LogP contribution in [0.1, 0.15) is 5.69 Å². The van der Waals surface area contributed by atoms with Gasteiger partial charge in [0.15, 0.2) is 0 Å². The molecular weight excluding hydrogens is 202 g/mol. The van der Waals surface area contributed by atoms with Crippen LogP contribution >= 0.6 is 10.7 Å². The van der Waals surface area contributed by atoms with E-state index >= 15 is 0 Å². The van der Waals surface area contributed by atoms with E-state index in [-0.39, 0.29) is 17.0 Å². The van der Waals surface area contributed by atoms with Gasteiger partial charge >= 0.3 is 0 Å². The van der Waals surface area contributed by atoms with Crippen LogP contribution in [0.4, 0.5) is 0 Å². The quantitative estimate of drug-likeness (QED) is 0.716. The largest absolute Gasteiger partial charge is 0.325 e. The van der Waals surface area contributed by atoms with Gasteiger partial charge in [-0.15, -0.1) is 0 Å². The summed E-state index contributed by atoms with van der Waals surface area (Å²) in [4.78, 5) is 13.0. The van der Waals surface area contributed by atoms with Crippen molar-refractivity contribution in [3.05, 3.63) is 34.2 Å². The number of H-pyrrole nitrogens is 1. The topological polar surface area (TPSA) is 67.0 Å². The number of hydrogen-bond acceptors (Lipinski definition) is 3. The highest BCUT2D eigenvalue weighted by Gasteiger charge is 2.06. The Morgan fingerprint density at radius 3 is 2.58 bits per heavy atom. The van der Waals surface area contributed by atoms with Crippen molar-refractivity contribution in [1.29, 1.82) is 0 Å². The predicted molar refractivity (Wildman–Crippen MR) is 45.5 cm³/mol. The van der Waals surface area contributed by atoms with Gasteiger partial charge < -0.3 is 4.98 Å². The van der Waals surface area contributed by atoms with Crippen LogP contribution in [0.2, 0.25) is 0 Å². The molecule has 0 spiro atoms. The van der Waals surface area contributed by atoms with Gasteiger partial charge in [0, 0.05) is 22.4 Å². The Bertz CT molecular complexity index is 422. The molecule has 0 aromatic carbocycles. The maximum Gasteiger partial charge on any atom is 0.248 e. The number of aromatic amines is 1. The lowest BCUT2D eigenvalue weighted by molar-refractivity contribution is 0.608. The molecule has 1 rings (SSSR count). The normalized spacial score (nSPS) is 11.4. The van der Waals surface area contributed by atoms with Crippen molar-refractivity contribution in [2.75, 3.05) is 0 Å². The lowest BCUT2D eigenvalue weighted by Crippen LogP contribution is -2.08. The third-order valence-corrected chi connectivity index (χ3v) is 2.14. The van der Waals surface area contributed by atoms with E-state index in [0.29, 0.717) is 0 Å². The molecule has 4 nitrogen and oxygen atoms in total. The second-order valence-corrected chi connectivity index (χ2v) is 5.00. The highest BCUT2D eigenvalue weighted by atomic mass is 35.7. The van der Waals surface area contributed by atoms with Gasteiger partial charge in [-0.25, -0.2) is 8.42 Å². The van der Waals surface area contributed by atoms with Crippen LogP contribution in [0.15, 0.2) is 23.0 Å². The van der Waals surface area contributed by atoms with Crippen LogP contribution in [0.3, 0.4) is 0 Å². The molecule has 0 saturated heterocycles. The summed E-state index contributed by atoms with van der Waals surface area (Å²) in [5.74, 6) is -0.357. The molecule has 66 valence electrons. The molecule has 0 saturated carbocycles. The SMILES string of the molecule is O=c1cccc(CS(=O)(=O)Cl)[nH]1. The summed E-state index contributed by atoms with van der Waals surface area (Å²) >= 11 is 0. The smallest absolute Gasteiger partial charge is 0.248 e. The highest BCUT2D eigenvalue weighted by molar-refractivity contribution is 8.13. The van der Waals surface area contributed by atoms with Gasteiger partial charge in [0.05, 0.1) is 0 Å². The molecule has 0 amide bonds. The van der Waals surface area contributed by atoms with Crippen molar-refractivity contribution in [3.8, 4) is 0 Å². The Morgan fingerprint density at radius 1 is 1.42 bits per heavy atom. The molecule has 1 aromatic rings. The molecule has 0 aliphatic carbocycles. The van der Waals surface area contributed by atoms with Crippen molar-refractivity contribution in [1.82, 2.24) is 4.98 Å². The lowest BCUT2D eigenvalue weighted by Gasteiger charge is -1.95. The zero-order valence-electron chi connectivity index (χ0n) is 5.95. The summed E-state index contributed by atoms with van der Waals surface area (Å²) in [6.45, 7) is 0. The van der Waals surface area contributed by atoms with Gasteiger partial charge in [0.2, 0.25) is 14.6 Å². The molecule has 0 atom stereocenters. The molecule has 0 radical (unpaired) electrons. The third-order valence-electron chi connectivity index (χ3n) is 1.16. The van der Waals surface area contributed by atoms with E-state index in [2.05, 4.69) is 4.98 Å². The first-order chi connectivity index (χ1) is 5.47. The molecule has 0 fully saturated rings. The zero-order chi connectivity index (χ0) is 9.19. The Hall–Kier alpha value is -0.810. The summed E-state index contributed by atoms with van der Waals surface area (Å²) < 4.78 is 21.1. The Morgan fingerprint density at radius 2 is 2.08 bits per heavy atom. The summed E-state index contributed by atoms with van der Waals surface area (Å²) in [6, 6.07) is 4.25. The first-order valence-electron chi connectivity index (χ1n) is 3.08. The minimum absolute atomic E-state index is 0.289. The van der Waals surface area contributed by atoms with Crippen molar-refractivity contribution in [3.63, 3.8) is 0 Å². The maximum atomic E-state index is 10.7. The van der Waals surface area contributed by atoms with Crippen LogP contribution in [-0.2, 0) is 14.8 Å². The van der Waals surface area contributed by atoms with Crippen LogP contribution in [0, 0.1) is 0 Å². The fourth-order valence-corrected chi connectivity index (χ4v) is 1.66. The standard InChI is InChI=1S/C6H6ClNO3S/c7-12(10,11)4-5-2-1-3-6(9)8-5/h1-3H,4H2,(H,8,9). The highest BCUT2D eigenvalue weighted by Crippen LogP contribution is 2.04. The summed E-state index contributed by atoms with van der Waals surface area (Å²) in [5, 5.41) is 0. The lowest BCUT2D eigenvalue weighted by atomic mass is 10.4. The number of halogens is 1. The maximum absolute atomic E-state index is 10.7. The van der Waals surface area contributed by atoms with Gasteiger partial charge in [0.1, 0.15) is 5.75 Å². The van der Waals surface area contributed by atoms with Crippen molar-refractivity contribution < 1.29 is 8.42 Å². The first kappa shape index (κ1) is 9.28. The predicted octanol–water partition coefficient (Wildman–Crippen LogP) is 0.444. The molecule has 0 unspecified atom stereocenters. The molecule has 1 aromatic heterocycles. The van der Waals surface area contributed by atoms with Gasteiger partial charge in [-0.3, -0.25) is 4.79 Å². The number of rotatable bonds is 2. The van der Waals surface area contributed by atoms with E-state index in [1.54, 1.807) is 0 Å². The van der Waals surface area contributed by atoms with E-state index < -0.39 is 9.05 Å². The monoisotopic (exact) mass is 207 g/mol. The molecule has 0 bridgehead atoms. The zero-order valence-corrected chi connectivity index (χ0v) is 7.52. The molecule has 6 heteroatoms. The third kappa shape index (κ3) is 3.06. The summed E-state index contributed by atoms with van der Waals surface area (Å²) in [6.07, 6.45) is 0. The van der Waals surface area contributed by atoms with E-state index in [9.17, 15) is 13.2 Å². The van der Waals surface area contributed by atoms with Crippen LogP contribution in [0.5, 0.6) is 0 Å².